The van der Waals surface area contributed by atoms with Gasteiger partial charge in [-0.1, -0.05) is 0 Å². The number of hydrogen-bond acceptors (Lipinski definition) is 4. The summed E-state index contributed by atoms with van der Waals surface area (Å²) in [5, 5.41) is 2.71. The molecule has 0 bridgehead atoms. The SMILES string of the molecule is Cc1cc(Nc2ccc(F)cc2F)nc(N)n1.[Cl-]. The molecule has 0 aliphatic carbocycles. The number of nitrogens with one attached hydrogen (secondary N) is 1. The molecule has 0 saturated heterocycles. The highest BCUT2D eigenvalue weighted by atomic mass is 35.5. The number of nitrogen functional groups attached to an aromatic ring is 1. The minimum Gasteiger partial charge on any atom is -1.00 e. The van der Waals surface area contributed by atoms with Gasteiger partial charge in [-0.2, -0.15) is 4.98 Å². The molecule has 96 valence electrons. The second-order valence-electron chi connectivity index (χ2n) is 3.50. The van der Waals surface area contributed by atoms with Gasteiger partial charge >= 0.3 is 0 Å². The van der Waals surface area contributed by atoms with Crippen molar-refractivity contribution >= 4 is 17.5 Å². The van der Waals surface area contributed by atoms with Gasteiger partial charge < -0.3 is 23.5 Å². The van der Waals surface area contributed by atoms with Crippen molar-refractivity contribution in [3.8, 4) is 0 Å². The van der Waals surface area contributed by atoms with Gasteiger partial charge in [0.15, 0.2) is 0 Å². The van der Waals surface area contributed by atoms with Crippen molar-refractivity contribution in [3.05, 3.63) is 41.6 Å². The summed E-state index contributed by atoms with van der Waals surface area (Å²) in [6.45, 7) is 1.74. The van der Waals surface area contributed by atoms with Crippen LogP contribution in [0.3, 0.4) is 0 Å². The molecule has 1 heterocycles. The zero-order valence-electron chi connectivity index (χ0n) is 9.42. The fourth-order valence-electron chi connectivity index (χ4n) is 1.38. The number of rotatable bonds is 2. The second kappa shape index (κ2) is 5.59. The highest BCUT2D eigenvalue weighted by Crippen LogP contribution is 2.20. The molecule has 0 unspecified atom stereocenters. The zero-order chi connectivity index (χ0) is 12.4. The topological polar surface area (TPSA) is 63.8 Å². The summed E-state index contributed by atoms with van der Waals surface area (Å²) in [5.41, 5.74) is 6.24. The maximum Gasteiger partial charge on any atom is 0.222 e. The van der Waals surface area contributed by atoms with Crippen LogP contribution in [0, 0.1) is 18.6 Å². The molecule has 0 radical (unpaired) electrons. The van der Waals surface area contributed by atoms with E-state index in [2.05, 4.69) is 15.3 Å². The first-order chi connectivity index (χ1) is 8.04. The van der Waals surface area contributed by atoms with E-state index in [1.807, 2.05) is 0 Å². The number of aryl methyl sites for hydroxylation is 1. The van der Waals surface area contributed by atoms with Gasteiger partial charge in [0.25, 0.3) is 0 Å². The van der Waals surface area contributed by atoms with E-state index in [-0.39, 0.29) is 24.0 Å². The van der Waals surface area contributed by atoms with Crippen molar-refractivity contribution in [2.75, 3.05) is 11.1 Å². The second-order valence-corrected chi connectivity index (χ2v) is 3.50. The molecule has 0 saturated carbocycles. The van der Waals surface area contributed by atoms with Crippen LogP contribution in [0.1, 0.15) is 5.69 Å². The number of halogens is 3. The Morgan fingerprint density at radius 3 is 2.50 bits per heavy atom. The largest absolute Gasteiger partial charge is 1.00 e. The number of nitrogens with zero attached hydrogens (tertiary/aromatic N) is 2. The molecule has 4 nitrogen and oxygen atoms in total. The molecule has 0 amide bonds. The molecule has 0 spiro atoms. The van der Waals surface area contributed by atoms with E-state index in [0.29, 0.717) is 11.5 Å². The normalized spacial score (nSPS) is 9.72. The van der Waals surface area contributed by atoms with E-state index >= 15 is 0 Å². The Kier molecular flexibility index (Phi) is 4.38. The molecule has 1 aromatic carbocycles. The molecule has 18 heavy (non-hydrogen) atoms. The molecule has 0 aliphatic heterocycles. The molecule has 3 N–H and O–H groups in total. The third-order valence-corrected chi connectivity index (χ3v) is 2.07. The summed E-state index contributed by atoms with van der Waals surface area (Å²) >= 11 is 0. The number of benzene rings is 1. The predicted molar refractivity (Wildman–Crippen MR) is 60.8 cm³/mol. The Balaban J connectivity index is 0.00000162. The first-order valence-electron chi connectivity index (χ1n) is 4.88. The summed E-state index contributed by atoms with van der Waals surface area (Å²) in [7, 11) is 0. The average Bonchev–Trinajstić information content (AvgIpc) is 2.21. The fraction of sp³-hybridized carbons (Fsp3) is 0.0909. The van der Waals surface area contributed by atoms with Crippen LogP contribution in [-0.2, 0) is 0 Å². The van der Waals surface area contributed by atoms with Crippen molar-refractivity contribution in [3.63, 3.8) is 0 Å². The number of anilines is 3. The van der Waals surface area contributed by atoms with E-state index in [1.165, 1.54) is 6.07 Å². The Morgan fingerprint density at radius 1 is 1.17 bits per heavy atom. The monoisotopic (exact) mass is 271 g/mol. The molecule has 2 aromatic rings. The maximum atomic E-state index is 13.4. The highest BCUT2D eigenvalue weighted by Gasteiger charge is 2.05. The van der Waals surface area contributed by atoms with Crippen molar-refractivity contribution in [2.45, 2.75) is 6.92 Å². The van der Waals surface area contributed by atoms with Gasteiger partial charge in [0.1, 0.15) is 17.5 Å². The van der Waals surface area contributed by atoms with E-state index in [0.717, 1.165) is 12.1 Å². The lowest BCUT2D eigenvalue weighted by atomic mass is 10.3. The third-order valence-electron chi connectivity index (χ3n) is 2.07. The van der Waals surface area contributed by atoms with E-state index in [1.54, 1.807) is 13.0 Å². The summed E-state index contributed by atoms with van der Waals surface area (Å²) < 4.78 is 26.1. The van der Waals surface area contributed by atoms with Crippen LogP contribution in [0.4, 0.5) is 26.2 Å². The predicted octanol–water partition coefficient (Wildman–Crippen LogP) is -0.607. The van der Waals surface area contributed by atoms with Gasteiger partial charge in [-0.25, -0.2) is 13.8 Å². The molecule has 0 atom stereocenters. The van der Waals surface area contributed by atoms with Gasteiger partial charge in [0, 0.05) is 17.8 Å². The lowest BCUT2D eigenvalue weighted by molar-refractivity contribution is -0.00000504. The van der Waals surface area contributed by atoms with Crippen molar-refractivity contribution in [2.24, 2.45) is 0 Å². The van der Waals surface area contributed by atoms with Gasteiger partial charge in [-0.15, -0.1) is 0 Å². The Bertz CT molecular complexity index is 542. The molecular weight excluding hydrogens is 262 g/mol. The third kappa shape index (κ3) is 3.27. The quantitative estimate of drug-likeness (QED) is 0.765. The molecular formula is C11H10ClF2N4-. The minimum atomic E-state index is -0.695. The highest BCUT2D eigenvalue weighted by molar-refractivity contribution is 5.57. The molecule has 1 aromatic heterocycles. The van der Waals surface area contributed by atoms with Crippen molar-refractivity contribution in [1.29, 1.82) is 0 Å². The maximum absolute atomic E-state index is 13.4. The van der Waals surface area contributed by atoms with Gasteiger partial charge in [-0.3, -0.25) is 0 Å². The number of nitrogens with two attached hydrogens (primary N) is 1. The van der Waals surface area contributed by atoms with Crippen LogP contribution in [0.5, 0.6) is 0 Å². The lowest BCUT2D eigenvalue weighted by Gasteiger charge is -2.07. The molecule has 7 heteroatoms. The van der Waals surface area contributed by atoms with Crippen molar-refractivity contribution < 1.29 is 21.2 Å². The minimum absolute atomic E-state index is 0. The van der Waals surface area contributed by atoms with Gasteiger partial charge in [0.2, 0.25) is 5.95 Å². The van der Waals surface area contributed by atoms with E-state index in [4.69, 9.17) is 5.73 Å². The fourth-order valence-corrected chi connectivity index (χ4v) is 1.38. The lowest BCUT2D eigenvalue weighted by Crippen LogP contribution is -3.00. The smallest absolute Gasteiger partial charge is 0.222 e. The molecule has 0 fully saturated rings. The Hall–Kier alpha value is -1.95. The Labute approximate surface area is 109 Å². The van der Waals surface area contributed by atoms with Crippen LogP contribution in [-0.4, -0.2) is 9.97 Å². The first kappa shape index (κ1) is 14.1. The van der Waals surface area contributed by atoms with Gasteiger partial charge in [-0.05, 0) is 19.1 Å². The molecule has 2 rings (SSSR count). The zero-order valence-corrected chi connectivity index (χ0v) is 10.2. The van der Waals surface area contributed by atoms with E-state index < -0.39 is 11.6 Å². The summed E-state index contributed by atoms with van der Waals surface area (Å²) in [6.07, 6.45) is 0. The summed E-state index contributed by atoms with van der Waals surface area (Å²) in [6, 6.07) is 4.85. The number of aromatic nitrogens is 2. The van der Waals surface area contributed by atoms with Crippen LogP contribution >= 0.6 is 0 Å². The number of hydrogen-bond donors (Lipinski definition) is 2. The first-order valence-corrected chi connectivity index (χ1v) is 4.88. The van der Waals surface area contributed by atoms with Crippen LogP contribution in [0.2, 0.25) is 0 Å². The average molecular weight is 272 g/mol. The van der Waals surface area contributed by atoms with Crippen molar-refractivity contribution in [1.82, 2.24) is 9.97 Å². The summed E-state index contributed by atoms with van der Waals surface area (Å²) in [4.78, 5) is 7.77. The Morgan fingerprint density at radius 2 is 1.89 bits per heavy atom. The summed E-state index contributed by atoms with van der Waals surface area (Å²) in [5.74, 6) is -0.873. The van der Waals surface area contributed by atoms with Crippen LogP contribution in [0.15, 0.2) is 24.3 Å². The van der Waals surface area contributed by atoms with Crippen LogP contribution in [0.25, 0.3) is 0 Å². The van der Waals surface area contributed by atoms with E-state index in [9.17, 15) is 8.78 Å². The molecule has 0 aliphatic rings. The van der Waals surface area contributed by atoms with Gasteiger partial charge in [0.05, 0.1) is 5.69 Å². The van der Waals surface area contributed by atoms with Crippen LogP contribution < -0.4 is 23.5 Å². The standard InChI is InChI=1S/C11H10F2N4.ClH/c1-6-4-10(17-11(14)15-6)16-9-3-2-7(12)5-8(9)13;/h2-5H,1H3,(H3,14,15,16,17);1H/p-1.